The van der Waals surface area contributed by atoms with Gasteiger partial charge in [-0.3, -0.25) is 0 Å². The molecule has 0 aliphatic rings. The Morgan fingerprint density at radius 3 is 2.67 bits per heavy atom. The van der Waals surface area contributed by atoms with E-state index in [4.69, 9.17) is 5.73 Å². The third-order valence-corrected chi connectivity index (χ3v) is 3.23. The molecule has 0 aliphatic heterocycles. The molecule has 0 bridgehead atoms. The summed E-state index contributed by atoms with van der Waals surface area (Å²) in [5, 5.41) is 0. The van der Waals surface area contributed by atoms with Gasteiger partial charge in [-0.25, -0.2) is 4.98 Å². The lowest BCUT2D eigenvalue weighted by molar-refractivity contribution is 0.634. The van der Waals surface area contributed by atoms with Crippen molar-refractivity contribution in [1.82, 2.24) is 4.98 Å². The largest absolute Gasteiger partial charge is 0.397 e. The van der Waals surface area contributed by atoms with E-state index < -0.39 is 0 Å². The van der Waals surface area contributed by atoms with E-state index in [0.717, 1.165) is 28.1 Å². The molecule has 0 radical (unpaired) electrons. The second kappa shape index (κ2) is 4.84. The van der Waals surface area contributed by atoms with E-state index in [-0.39, 0.29) is 0 Å². The molecule has 0 amide bonds. The number of anilines is 2. The van der Waals surface area contributed by atoms with Gasteiger partial charge in [0.25, 0.3) is 0 Å². The zero-order chi connectivity index (χ0) is 11.6. The Bertz CT molecular complexity index is 350. The molecule has 0 atom stereocenters. The molecule has 1 aromatic heterocycles. The van der Waals surface area contributed by atoms with E-state index in [1.165, 1.54) is 0 Å². The summed E-state index contributed by atoms with van der Waals surface area (Å²) in [5.74, 6) is 1.57. The first-order valence-corrected chi connectivity index (χ1v) is 5.84. The molecule has 3 nitrogen and oxygen atoms in total. The van der Waals surface area contributed by atoms with Crippen molar-refractivity contribution in [1.29, 1.82) is 0 Å². The van der Waals surface area contributed by atoms with Gasteiger partial charge in [0, 0.05) is 13.6 Å². The molecule has 2 N–H and O–H groups in total. The minimum absolute atomic E-state index is 0.613. The second-order valence-corrected chi connectivity index (χ2v) is 5.04. The number of halogens is 1. The van der Waals surface area contributed by atoms with Crippen LogP contribution in [-0.2, 0) is 0 Å². The van der Waals surface area contributed by atoms with Crippen LogP contribution < -0.4 is 10.6 Å². The van der Waals surface area contributed by atoms with E-state index in [1.54, 1.807) is 6.20 Å². The fraction of sp³-hybridized carbons (Fsp3) is 0.545. The number of hydrogen-bond donors (Lipinski definition) is 1. The van der Waals surface area contributed by atoms with Crippen LogP contribution in [0.15, 0.2) is 10.7 Å². The van der Waals surface area contributed by atoms with Crippen molar-refractivity contribution in [2.45, 2.75) is 20.8 Å². The molecule has 1 aromatic rings. The Hall–Kier alpha value is -0.770. The second-order valence-electron chi connectivity index (χ2n) is 4.25. The third-order valence-electron chi connectivity index (χ3n) is 2.29. The highest BCUT2D eigenvalue weighted by Gasteiger charge is 2.12. The number of nitrogens with zero attached hydrogens (tertiary/aromatic N) is 2. The van der Waals surface area contributed by atoms with Gasteiger partial charge in [0.2, 0.25) is 0 Å². The molecule has 0 saturated heterocycles. The van der Waals surface area contributed by atoms with Gasteiger partial charge in [-0.1, -0.05) is 13.8 Å². The van der Waals surface area contributed by atoms with E-state index in [9.17, 15) is 0 Å². The first-order valence-electron chi connectivity index (χ1n) is 5.05. The van der Waals surface area contributed by atoms with Crippen molar-refractivity contribution in [2.75, 3.05) is 24.2 Å². The molecule has 1 rings (SSSR count). The lowest BCUT2D eigenvalue weighted by Crippen LogP contribution is -2.24. The fourth-order valence-electron chi connectivity index (χ4n) is 1.48. The minimum atomic E-state index is 0.613. The predicted octanol–water partition coefficient (Wildman–Crippen LogP) is 2.83. The van der Waals surface area contributed by atoms with E-state index in [2.05, 4.69) is 39.7 Å². The van der Waals surface area contributed by atoms with Crippen molar-refractivity contribution in [3.63, 3.8) is 0 Å². The summed E-state index contributed by atoms with van der Waals surface area (Å²) >= 11 is 3.54. The summed E-state index contributed by atoms with van der Waals surface area (Å²) in [6.45, 7) is 7.35. The van der Waals surface area contributed by atoms with Gasteiger partial charge in [0.1, 0.15) is 5.82 Å². The van der Waals surface area contributed by atoms with Crippen LogP contribution in [0.5, 0.6) is 0 Å². The molecular weight excluding hydrogens is 254 g/mol. The third kappa shape index (κ3) is 2.84. The van der Waals surface area contributed by atoms with Crippen LogP contribution in [0.1, 0.15) is 19.4 Å². The number of hydrogen-bond acceptors (Lipinski definition) is 3. The van der Waals surface area contributed by atoms with Crippen molar-refractivity contribution in [3.8, 4) is 0 Å². The van der Waals surface area contributed by atoms with Gasteiger partial charge >= 0.3 is 0 Å². The van der Waals surface area contributed by atoms with Gasteiger partial charge < -0.3 is 10.6 Å². The monoisotopic (exact) mass is 271 g/mol. The molecule has 1 heterocycles. The Morgan fingerprint density at radius 2 is 2.13 bits per heavy atom. The molecule has 0 fully saturated rings. The minimum Gasteiger partial charge on any atom is -0.397 e. The van der Waals surface area contributed by atoms with Crippen LogP contribution in [0.4, 0.5) is 11.5 Å². The maximum absolute atomic E-state index is 5.78. The maximum Gasteiger partial charge on any atom is 0.143 e. The van der Waals surface area contributed by atoms with Gasteiger partial charge in [-0.15, -0.1) is 0 Å². The van der Waals surface area contributed by atoms with Gasteiger partial charge in [0.05, 0.1) is 16.4 Å². The maximum atomic E-state index is 5.78. The van der Waals surface area contributed by atoms with Crippen LogP contribution in [0.2, 0.25) is 0 Å². The van der Waals surface area contributed by atoms with E-state index >= 15 is 0 Å². The molecular formula is C11H18BrN3. The van der Waals surface area contributed by atoms with Crippen LogP contribution in [-0.4, -0.2) is 18.6 Å². The standard InChI is InChI=1S/C11H18BrN3/c1-7(2)6-15(4)11-10(12)8(3)9(13)5-14-11/h5,7H,6,13H2,1-4H3. The molecule has 0 aromatic carbocycles. The normalized spacial score (nSPS) is 10.8. The van der Waals surface area contributed by atoms with Crippen molar-refractivity contribution < 1.29 is 0 Å². The zero-order valence-electron chi connectivity index (χ0n) is 9.71. The average Bonchev–Trinajstić information content (AvgIpc) is 2.13. The first-order chi connectivity index (χ1) is 6.93. The lowest BCUT2D eigenvalue weighted by Gasteiger charge is -2.22. The quantitative estimate of drug-likeness (QED) is 0.920. The smallest absolute Gasteiger partial charge is 0.143 e. The zero-order valence-corrected chi connectivity index (χ0v) is 11.3. The average molecular weight is 272 g/mol. The number of aromatic nitrogens is 1. The predicted molar refractivity (Wildman–Crippen MR) is 69.2 cm³/mol. The number of nitrogen functional groups attached to an aromatic ring is 1. The summed E-state index contributed by atoms with van der Waals surface area (Å²) in [5.41, 5.74) is 7.56. The lowest BCUT2D eigenvalue weighted by atomic mass is 10.2. The number of nitrogens with two attached hydrogens (primary N) is 1. The first kappa shape index (κ1) is 12.3. The van der Waals surface area contributed by atoms with E-state index in [0.29, 0.717) is 5.92 Å². The van der Waals surface area contributed by atoms with Gasteiger partial charge in [-0.05, 0) is 34.3 Å². The van der Waals surface area contributed by atoms with Crippen molar-refractivity contribution in [2.24, 2.45) is 5.92 Å². The molecule has 15 heavy (non-hydrogen) atoms. The van der Waals surface area contributed by atoms with Gasteiger partial charge in [0.15, 0.2) is 0 Å². The molecule has 0 aliphatic carbocycles. The molecule has 4 heteroatoms. The molecule has 0 unspecified atom stereocenters. The summed E-state index contributed by atoms with van der Waals surface area (Å²) in [6.07, 6.45) is 1.71. The number of rotatable bonds is 3. The Kier molecular flexibility index (Phi) is 3.97. The van der Waals surface area contributed by atoms with Crippen molar-refractivity contribution in [3.05, 3.63) is 16.2 Å². The Morgan fingerprint density at radius 1 is 1.53 bits per heavy atom. The Labute approximate surface area is 99.8 Å². The highest BCUT2D eigenvalue weighted by atomic mass is 79.9. The summed E-state index contributed by atoms with van der Waals surface area (Å²) in [6, 6.07) is 0. The van der Waals surface area contributed by atoms with Gasteiger partial charge in [-0.2, -0.15) is 0 Å². The molecule has 84 valence electrons. The highest BCUT2D eigenvalue weighted by molar-refractivity contribution is 9.10. The fourth-order valence-corrected chi connectivity index (χ4v) is 2.11. The Balaban J connectivity index is 3.00. The highest BCUT2D eigenvalue weighted by Crippen LogP contribution is 2.29. The van der Waals surface area contributed by atoms with Crippen LogP contribution in [0, 0.1) is 12.8 Å². The molecule has 0 saturated carbocycles. The van der Waals surface area contributed by atoms with Crippen LogP contribution >= 0.6 is 15.9 Å². The summed E-state index contributed by atoms with van der Waals surface area (Å²) < 4.78 is 0.991. The van der Waals surface area contributed by atoms with Crippen LogP contribution in [0.3, 0.4) is 0 Å². The summed E-state index contributed by atoms with van der Waals surface area (Å²) in [7, 11) is 2.04. The van der Waals surface area contributed by atoms with Crippen LogP contribution in [0.25, 0.3) is 0 Å². The van der Waals surface area contributed by atoms with E-state index in [1.807, 2.05) is 14.0 Å². The molecule has 0 spiro atoms. The SMILES string of the molecule is Cc1c(N)cnc(N(C)CC(C)C)c1Br. The topological polar surface area (TPSA) is 42.1 Å². The number of pyridine rings is 1. The summed E-state index contributed by atoms with van der Waals surface area (Å²) in [4.78, 5) is 6.49. The van der Waals surface area contributed by atoms with Crippen molar-refractivity contribution >= 4 is 27.4 Å².